The van der Waals surface area contributed by atoms with Crippen LogP contribution in [0.2, 0.25) is 0 Å². The number of rotatable bonds is 5. The number of Topliss-reactive ketones (excluding diaryl/α,β-unsaturated/α-hetero) is 1. The summed E-state index contributed by atoms with van der Waals surface area (Å²) in [7, 11) is 0. The van der Waals surface area contributed by atoms with E-state index in [1.165, 1.54) is 0 Å². The molecule has 0 bridgehead atoms. The van der Waals surface area contributed by atoms with Gasteiger partial charge < -0.3 is 4.74 Å². The van der Waals surface area contributed by atoms with Crippen molar-refractivity contribution in [3.63, 3.8) is 0 Å². The topological polar surface area (TPSA) is 64.6 Å². The third-order valence-electron chi connectivity index (χ3n) is 2.46. The Labute approximate surface area is 102 Å². The molecule has 0 amide bonds. The van der Waals surface area contributed by atoms with E-state index in [0.29, 0.717) is 0 Å². The zero-order valence-electron chi connectivity index (χ0n) is 10.9. The number of ketones is 1. The van der Waals surface area contributed by atoms with Gasteiger partial charge in [0.05, 0.1) is 12.1 Å². The van der Waals surface area contributed by atoms with Crippen LogP contribution in [0.25, 0.3) is 0 Å². The molecule has 0 heterocycles. The highest BCUT2D eigenvalue weighted by atomic mass is 16.7. The molecule has 0 aliphatic heterocycles. The minimum Gasteiger partial charge on any atom is -0.454 e. The van der Waals surface area contributed by atoms with Crippen LogP contribution in [0.15, 0.2) is 0 Å². The summed E-state index contributed by atoms with van der Waals surface area (Å²) in [6.45, 7) is 6.76. The van der Waals surface area contributed by atoms with Crippen LogP contribution in [-0.2, 0) is 19.2 Å². The van der Waals surface area contributed by atoms with Gasteiger partial charge in [-0.25, -0.2) is 4.79 Å². The zero-order valence-corrected chi connectivity index (χ0v) is 10.9. The van der Waals surface area contributed by atoms with E-state index < -0.39 is 23.4 Å². The molecule has 5 heteroatoms. The molecule has 1 saturated carbocycles. The fraction of sp³-hybridized carbons (Fsp3) is 0.833. The van der Waals surface area contributed by atoms with Gasteiger partial charge in [-0.3, -0.25) is 9.63 Å². The van der Waals surface area contributed by atoms with Gasteiger partial charge in [-0.1, -0.05) is 0 Å². The molecule has 17 heavy (non-hydrogen) atoms. The first-order valence-electron chi connectivity index (χ1n) is 5.98. The molecule has 1 unspecified atom stereocenters. The van der Waals surface area contributed by atoms with E-state index in [1.807, 2.05) is 0 Å². The monoisotopic (exact) mass is 243 g/mol. The second kappa shape index (κ2) is 5.60. The molecule has 0 saturated heterocycles. The molecule has 98 valence electrons. The molecule has 5 nitrogen and oxygen atoms in total. The van der Waals surface area contributed by atoms with Crippen LogP contribution < -0.4 is 5.48 Å². The zero-order chi connectivity index (χ0) is 13.1. The van der Waals surface area contributed by atoms with Crippen molar-refractivity contribution in [2.75, 3.05) is 0 Å². The van der Waals surface area contributed by atoms with E-state index in [9.17, 15) is 9.59 Å². The number of hydrogen-bond acceptors (Lipinski definition) is 5. The minimum absolute atomic E-state index is 0.170. The molecule has 0 aromatic carbocycles. The van der Waals surface area contributed by atoms with E-state index >= 15 is 0 Å². The first-order valence-corrected chi connectivity index (χ1v) is 5.98. The number of nitrogens with one attached hydrogen (secondary N) is 1. The normalized spacial score (nSPS) is 18.4. The molecule has 0 spiro atoms. The lowest BCUT2D eigenvalue weighted by atomic mass is 9.97. The molecule has 0 aromatic heterocycles. The Morgan fingerprint density at radius 1 is 1.29 bits per heavy atom. The summed E-state index contributed by atoms with van der Waals surface area (Å²) < 4.78 is 4.98. The van der Waals surface area contributed by atoms with Crippen LogP contribution in [0, 0.1) is 0 Å². The van der Waals surface area contributed by atoms with Gasteiger partial charge in [0.15, 0.2) is 0 Å². The Hall–Kier alpha value is -0.940. The smallest absolute Gasteiger partial charge is 0.376 e. The summed E-state index contributed by atoms with van der Waals surface area (Å²) in [4.78, 5) is 28.3. The van der Waals surface area contributed by atoms with Gasteiger partial charge in [-0.2, -0.15) is 5.48 Å². The average Bonchev–Trinajstić information content (AvgIpc) is 2.11. The second-order valence-corrected chi connectivity index (χ2v) is 5.38. The Balaban J connectivity index is 2.31. The Morgan fingerprint density at radius 3 is 2.29 bits per heavy atom. The van der Waals surface area contributed by atoms with E-state index in [1.54, 1.807) is 27.7 Å². The van der Waals surface area contributed by atoms with Gasteiger partial charge in [0, 0.05) is 0 Å². The fourth-order valence-corrected chi connectivity index (χ4v) is 1.25. The third-order valence-corrected chi connectivity index (χ3v) is 2.46. The van der Waals surface area contributed by atoms with Crippen molar-refractivity contribution in [3.8, 4) is 0 Å². The summed E-state index contributed by atoms with van der Waals surface area (Å²) in [5.41, 5.74) is 1.95. The first kappa shape index (κ1) is 14.1. The molecule has 1 atom stereocenters. The van der Waals surface area contributed by atoms with Crippen molar-refractivity contribution in [1.82, 2.24) is 5.48 Å². The standard InChI is InChI=1S/C12H21NO4/c1-8(13-17-9-6-5-7-9)10(14)11(15)16-12(2,3)4/h8-9,13H,5-7H2,1-4H3. The lowest BCUT2D eigenvalue weighted by Crippen LogP contribution is -2.43. The Bertz CT molecular complexity index is 291. The van der Waals surface area contributed by atoms with Gasteiger partial charge in [0.2, 0.25) is 0 Å². The molecule has 1 rings (SSSR count). The number of hydrogen-bond donors (Lipinski definition) is 1. The van der Waals surface area contributed by atoms with Crippen LogP contribution in [0.3, 0.4) is 0 Å². The van der Waals surface area contributed by atoms with Crippen LogP contribution in [0.4, 0.5) is 0 Å². The highest BCUT2D eigenvalue weighted by Crippen LogP contribution is 2.20. The van der Waals surface area contributed by atoms with Crippen LogP contribution in [0.5, 0.6) is 0 Å². The molecular formula is C12H21NO4. The average molecular weight is 243 g/mol. The van der Waals surface area contributed by atoms with Gasteiger partial charge in [0.25, 0.3) is 5.78 Å². The van der Waals surface area contributed by atoms with Gasteiger partial charge >= 0.3 is 5.97 Å². The molecule has 0 radical (unpaired) electrons. The summed E-state index contributed by atoms with van der Waals surface area (Å²) in [6.07, 6.45) is 3.32. The van der Waals surface area contributed by atoms with Crippen molar-refractivity contribution >= 4 is 11.8 Å². The quantitative estimate of drug-likeness (QED) is 0.448. The Morgan fingerprint density at radius 2 is 1.88 bits per heavy atom. The van der Waals surface area contributed by atoms with E-state index in [2.05, 4.69) is 5.48 Å². The van der Waals surface area contributed by atoms with Crippen LogP contribution in [-0.4, -0.2) is 29.5 Å². The summed E-state index contributed by atoms with van der Waals surface area (Å²) in [5.74, 6) is -1.44. The Kier molecular flexibility index (Phi) is 4.65. The minimum atomic E-state index is -0.824. The molecule has 1 aliphatic rings. The lowest BCUT2D eigenvalue weighted by Gasteiger charge is -2.26. The molecule has 0 aromatic rings. The number of esters is 1. The lowest BCUT2D eigenvalue weighted by molar-refractivity contribution is -0.165. The molecule has 1 fully saturated rings. The SMILES string of the molecule is CC(NOC1CCC1)C(=O)C(=O)OC(C)(C)C. The van der Waals surface area contributed by atoms with Crippen LogP contribution in [0.1, 0.15) is 47.0 Å². The van der Waals surface area contributed by atoms with Crippen molar-refractivity contribution in [2.45, 2.75) is 64.7 Å². The van der Waals surface area contributed by atoms with E-state index in [4.69, 9.17) is 9.57 Å². The van der Waals surface area contributed by atoms with Gasteiger partial charge in [-0.15, -0.1) is 0 Å². The van der Waals surface area contributed by atoms with E-state index in [-0.39, 0.29) is 6.10 Å². The maximum absolute atomic E-state index is 11.6. The molecule has 1 N–H and O–H groups in total. The second-order valence-electron chi connectivity index (χ2n) is 5.38. The predicted octanol–water partition coefficient (Wildman–Crippen LogP) is 1.36. The summed E-state index contributed by atoms with van der Waals surface area (Å²) in [5, 5.41) is 0. The van der Waals surface area contributed by atoms with E-state index in [0.717, 1.165) is 19.3 Å². The maximum atomic E-state index is 11.6. The van der Waals surface area contributed by atoms with Crippen molar-refractivity contribution < 1.29 is 19.2 Å². The van der Waals surface area contributed by atoms with Crippen LogP contribution >= 0.6 is 0 Å². The molecular weight excluding hydrogens is 222 g/mol. The fourth-order valence-electron chi connectivity index (χ4n) is 1.25. The van der Waals surface area contributed by atoms with Gasteiger partial charge in [0.1, 0.15) is 5.60 Å². The number of hydroxylamine groups is 1. The number of carbonyl (C=O) groups excluding carboxylic acids is 2. The molecule has 1 aliphatic carbocycles. The predicted molar refractivity (Wildman–Crippen MR) is 62.2 cm³/mol. The first-order chi connectivity index (χ1) is 7.79. The summed E-state index contributed by atoms with van der Waals surface area (Å²) >= 11 is 0. The van der Waals surface area contributed by atoms with Gasteiger partial charge in [-0.05, 0) is 47.0 Å². The third kappa shape index (κ3) is 4.83. The van der Waals surface area contributed by atoms with Crippen molar-refractivity contribution in [3.05, 3.63) is 0 Å². The van der Waals surface area contributed by atoms with Crippen molar-refractivity contribution in [1.29, 1.82) is 0 Å². The maximum Gasteiger partial charge on any atom is 0.376 e. The highest BCUT2D eigenvalue weighted by molar-refractivity contribution is 6.35. The number of ether oxygens (including phenoxy) is 1. The van der Waals surface area contributed by atoms with Crippen molar-refractivity contribution in [2.24, 2.45) is 0 Å². The summed E-state index contributed by atoms with van der Waals surface area (Å²) in [6, 6.07) is -0.676. The number of carbonyl (C=O) groups is 2. The highest BCUT2D eigenvalue weighted by Gasteiger charge is 2.28. The largest absolute Gasteiger partial charge is 0.454 e.